The monoisotopic (exact) mass is 480 g/mol. The van der Waals surface area contributed by atoms with Gasteiger partial charge in [0.05, 0.1) is 11.8 Å². The summed E-state index contributed by atoms with van der Waals surface area (Å²) in [5.41, 5.74) is 6.02. The van der Waals surface area contributed by atoms with Crippen LogP contribution in [0.3, 0.4) is 0 Å². The number of pyridine rings is 1. The molecule has 0 spiro atoms. The minimum absolute atomic E-state index is 0.0203. The van der Waals surface area contributed by atoms with Crippen LogP contribution < -0.4 is 11.1 Å². The fourth-order valence-corrected chi connectivity index (χ4v) is 3.11. The molecule has 35 heavy (non-hydrogen) atoms. The van der Waals surface area contributed by atoms with Crippen molar-refractivity contribution in [3.63, 3.8) is 0 Å². The number of nitrogen functional groups attached to an aromatic ring is 1. The van der Waals surface area contributed by atoms with Crippen molar-refractivity contribution in [3.8, 4) is 23.3 Å². The van der Waals surface area contributed by atoms with Crippen molar-refractivity contribution in [2.24, 2.45) is 0 Å². The van der Waals surface area contributed by atoms with Gasteiger partial charge in [0.15, 0.2) is 11.6 Å². The molecule has 0 aliphatic rings. The summed E-state index contributed by atoms with van der Waals surface area (Å²) < 4.78 is 58.9. The molecular weight excluding hydrogens is 464 g/mol. The maximum Gasteiger partial charge on any atom is 0.416 e. The summed E-state index contributed by atoms with van der Waals surface area (Å²) in [5, 5.41) is 2.48. The number of alkyl halides is 3. The molecular formula is C25H16F4N4O2. The van der Waals surface area contributed by atoms with E-state index in [0.29, 0.717) is 5.56 Å². The minimum atomic E-state index is -4.65. The molecule has 3 N–H and O–H groups in total. The normalized spacial score (nSPS) is 11.0. The molecule has 0 fully saturated rings. The van der Waals surface area contributed by atoms with E-state index in [1.165, 1.54) is 36.9 Å². The van der Waals surface area contributed by atoms with E-state index < -0.39 is 23.5 Å². The minimum Gasteiger partial charge on any atom is -0.445 e. The smallest absolute Gasteiger partial charge is 0.416 e. The van der Waals surface area contributed by atoms with Gasteiger partial charge in [0.1, 0.15) is 6.26 Å². The molecule has 176 valence electrons. The first-order valence-electron chi connectivity index (χ1n) is 10.1. The molecule has 0 atom stereocenters. The Kier molecular flexibility index (Phi) is 6.25. The standard InChI is InChI=1S/C25H16F4N4O2/c1-14-2-4-17(9-16(14)5-3-15-8-21(26)22(30)32-13-15)23(34)33-20-11-18(24-31-6-7-35-24)10-19(12-20)25(27,28)29/h2,4,6-13H,1H3,(H2,30,32)(H,33,34). The molecule has 0 saturated carbocycles. The van der Waals surface area contributed by atoms with Crippen LogP contribution in [0.5, 0.6) is 0 Å². The van der Waals surface area contributed by atoms with Gasteiger partial charge < -0.3 is 15.5 Å². The van der Waals surface area contributed by atoms with E-state index in [1.54, 1.807) is 13.0 Å². The van der Waals surface area contributed by atoms with Crippen LogP contribution in [0, 0.1) is 24.6 Å². The highest BCUT2D eigenvalue weighted by atomic mass is 19.4. The van der Waals surface area contributed by atoms with Gasteiger partial charge in [0.25, 0.3) is 5.91 Å². The van der Waals surface area contributed by atoms with Gasteiger partial charge in [-0.3, -0.25) is 4.79 Å². The number of anilines is 2. The quantitative estimate of drug-likeness (QED) is 0.301. The van der Waals surface area contributed by atoms with E-state index >= 15 is 0 Å². The summed E-state index contributed by atoms with van der Waals surface area (Å²) in [6, 6.07) is 8.82. The first kappa shape index (κ1) is 23.5. The maximum absolute atomic E-state index is 13.6. The summed E-state index contributed by atoms with van der Waals surface area (Å²) in [5.74, 6) is 3.98. The molecule has 4 rings (SSSR count). The Labute approximate surface area is 196 Å². The number of hydrogen-bond donors (Lipinski definition) is 2. The van der Waals surface area contributed by atoms with E-state index in [0.717, 1.165) is 23.8 Å². The Morgan fingerprint density at radius 1 is 1.09 bits per heavy atom. The van der Waals surface area contributed by atoms with Gasteiger partial charge in [-0.2, -0.15) is 13.2 Å². The molecule has 10 heteroatoms. The number of aromatic nitrogens is 2. The van der Waals surface area contributed by atoms with Crippen LogP contribution in [-0.4, -0.2) is 15.9 Å². The summed E-state index contributed by atoms with van der Waals surface area (Å²) in [6.07, 6.45) is -0.795. The summed E-state index contributed by atoms with van der Waals surface area (Å²) in [7, 11) is 0. The average molecular weight is 480 g/mol. The summed E-state index contributed by atoms with van der Waals surface area (Å²) in [6.45, 7) is 1.77. The number of nitrogens with one attached hydrogen (secondary N) is 1. The Hall–Kier alpha value is -4.65. The summed E-state index contributed by atoms with van der Waals surface area (Å²) >= 11 is 0. The van der Waals surface area contributed by atoms with E-state index in [2.05, 4.69) is 27.1 Å². The van der Waals surface area contributed by atoms with Gasteiger partial charge in [-0.15, -0.1) is 0 Å². The Balaban J connectivity index is 1.63. The number of carbonyl (C=O) groups is 1. The number of halogens is 4. The molecule has 2 aromatic heterocycles. The van der Waals surface area contributed by atoms with Gasteiger partial charge in [0, 0.05) is 34.1 Å². The van der Waals surface area contributed by atoms with E-state index in [4.69, 9.17) is 10.2 Å². The average Bonchev–Trinajstić information content (AvgIpc) is 3.35. The van der Waals surface area contributed by atoms with E-state index in [9.17, 15) is 22.4 Å². The number of benzene rings is 2. The lowest BCUT2D eigenvalue weighted by molar-refractivity contribution is -0.137. The predicted octanol–water partition coefficient (Wildman–Crippen LogP) is 5.44. The maximum atomic E-state index is 13.6. The number of carbonyl (C=O) groups excluding carboxylic acids is 1. The third kappa shape index (κ3) is 5.47. The van der Waals surface area contributed by atoms with Crippen molar-refractivity contribution in [1.82, 2.24) is 9.97 Å². The highest BCUT2D eigenvalue weighted by Gasteiger charge is 2.32. The van der Waals surface area contributed by atoms with Crippen molar-refractivity contribution in [2.45, 2.75) is 13.1 Å². The second-order valence-electron chi connectivity index (χ2n) is 7.46. The zero-order valence-electron chi connectivity index (χ0n) is 18.1. The number of hydrogen-bond acceptors (Lipinski definition) is 5. The molecule has 0 bridgehead atoms. The van der Waals surface area contributed by atoms with Crippen LogP contribution in [0.25, 0.3) is 11.5 Å². The van der Waals surface area contributed by atoms with Crippen LogP contribution in [0.2, 0.25) is 0 Å². The molecule has 1 amide bonds. The van der Waals surface area contributed by atoms with Gasteiger partial charge >= 0.3 is 6.18 Å². The third-order valence-electron chi connectivity index (χ3n) is 4.91. The molecule has 0 saturated heterocycles. The topological polar surface area (TPSA) is 94.0 Å². The van der Waals surface area contributed by atoms with Gasteiger partial charge in [-0.05, 0) is 48.9 Å². The number of nitrogens with two attached hydrogens (primary N) is 1. The lowest BCUT2D eigenvalue weighted by Crippen LogP contribution is -2.14. The molecule has 0 aliphatic heterocycles. The van der Waals surface area contributed by atoms with Crippen molar-refractivity contribution in [1.29, 1.82) is 0 Å². The molecule has 2 aromatic carbocycles. The molecule has 0 radical (unpaired) electrons. The zero-order chi connectivity index (χ0) is 25.2. The molecule has 2 heterocycles. The van der Waals surface area contributed by atoms with Crippen LogP contribution in [0.15, 0.2) is 65.5 Å². The fourth-order valence-electron chi connectivity index (χ4n) is 3.11. The molecule has 4 aromatic rings. The number of rotatable bonds is 3. The van der Waals surface area contributed by atoms with Crippen LogP contribution in [0.4, 0.5) is 29.1 Å². The Bertz CT molecular complexity index is 1470. The lowest BCUT2D eigenvalue weighted by Gasteiger charge is -2.12. The van der Waals surface area contributed by atoms with Crippen LogP contribution in [0.1, 0.15) is 32.6 Å². The molecule has 6 nitrogen and oxygen atoms in total. The predicted molar refractivity (Wildman–Crippen MR) is 121 cm³/mol. The summed E-state index contributed by atoms with van der Waals surface area (Å²) in [4.78, 5) is 20.4. The zero-order valence-corrected chi connectivity index (χ0v) is 18.1. The highest BCUT2D eigenvalue weighted by Crippen LogP contribution is 2.34. The van der Waals surface area contributed by atoms with Crippen molar-refractivity contribution < 1.29 is 26.8 Å². The first-order chi connectivity index (χ1) is 16.6. The first-order valence-corrected chi connectivity index (χ1v) is 10.1. The number of nitrogens with zero attached hydrogens (tertiary/aromatic N) is 2. The molecule has 0 aliphatic carbocycles. The van der Waals surface area contributed by atoms with Gasteiger partial charge in [-0.25, -0.2) is 14.4 Å². The SMILES string of the molecule is Cc1ccc(C(=O)Nc2cc(-c3ncco3)cc(C(F)(F)F)c2)cc1C#Cc1cnc(N)c(F)c1. The lowest BCUT2D eigenvalue weighted by atomic mass is 10.0. The van der Waals surface area contributed by atoms with Gasteiger partial charge in [0.2, 0.25) is 5.89 Å². The highest BCUT2D eigenvalue weighted by molar-refractivity contribution is 6.04. The van der Waals surface area contributed by atoms with Crippen molar-refractivity contribution in [2.75, 3.05) is 11.1 Å². The van der Waals surface area contributed by atoms with Crippen LogP contribution in [-0.2, 0) is 6.18 Å². The number of amides is 1. The molecule has 0 unspecified atom stereocenters. The van der Waals surface area contributed by atoms with Crippen molar-refractivity contribution >= 4 is 17.4 Å². The third-order valence-corrected chi connectivity index (χ3v) is 4.91. The Morgan fingerprint density at radius 2 is 1.89 bits per heavy atom. The van der Waals surface area contributed by atoms with E-state index in [-0.39, 0.29) is 34.1 Å². The van der Waals surface area contributed by atoms with Gasteiger partial charge in [-0.1, -0.05) is 17.9 Å². The Morgan fingerprint density at radius 3 is 2.57 bits per heavy atom. The second-order valence-corrected chi connectivity index (χ2v) is 7.46. The van der Waals surface area contributed by atoms with Crippen molar-refractivity contribution in [3.05, 3.63) is 94.8 Å². The number of oxazole rings is 1. The number of aryl methyl sites for hydroxylation is 1. The largest absolute Gasteiger partial charge is 0.445 e. The van der Waals surface area contributed by atoms with Crippen LogP contribution >= 0.6 is 0 Å². The van der Waals surface area contributed by atoms with E-state index in [1.807, 2.05) is 0 Å². The fraction of sp³-hybridized carbons (Fsp3) is 0.0800. The second kappa shape index (κ2) is 9.30.